The summed E-state index contributed by atoms with van der Waals surface area (Å²) in [5, 5.41) is 6.57. The van der Waals surface area contributed by atoms with E-state index in [-0.39, 0.29) is 5.91 Å². The molecule has 138 valence electrons. The Bertz CT molecular complexity index is 726. The van der Waals surface area contributed by atoms with E-state index in [1.165, 1.54) is 6.33 Å². The molecule has 6 nitrogen and oxygen atoms in total. The van der Waals surface area contributed by atoms with Gasteiger partial charge in [-0.25, -0.2) is 9.97 Å². The van der Waals surface area contributed by atoms with Crippen LogP contribution >= 0.6 is 0 Å². The van der Waals surface area contributed by atoms with Crippen molar-refractivity contribution in [3.8, 4) is 11.1 Å². The zero-order valence-corrected chi connectivity index (χ0v) is 15.5. The van der Waals surface area contributed by atoms with E-state index in [0.717, 1.165) is 42.6 Å². The topological polar surface area (TPSA) is 70.2 Å². The van der Waals surface area contributed by atoms with Crippen LogP contribution in [0.15, 0.2) is 43.0 Å². The van der Waals surface area contributed by atoms with Gasteiger partial charge in [0.25, 0.3) is 0 Å². The Morgan fingerprint density at radius 1 is 1.27 bits per heavy atom. The Morgan fingerprint density at radius 2 is 2.08 bits per heavy atom. The highest BCUT2D eigenvalue weighted by Gasteiger charge is 2.40. The number of nitrogens with one attached hydrogen (secondary N) is 2. The number of rotatable bonds is 7. The van der Waals surface area contributed by atoms with Crippen LogP contribution in [0.25, 0.3) is 11.1 Å². The Morgan fingerprint density at radius 3 is 2.77 bits per heavy atom. The maximum atomic E-state index is 12.9. The monoisotopic (exact) mass is 353 g/mol. The number of amides is 1. The first-order valence-corrected chi connectivity index (χ1v) is 9.11. The predicted octanol–water partition coefficient (Wildman–Crippen LogP) is 1.49. The summed E-state index contributed by atoms with van der Waals surface area (Å²) in [5.74, 6) is 0.102. The highest BCUT2D eigenvalue weighted by molar-refractivity contribution is 5.87. The standard InChI is InChI=1S/C20H27N5O/c1-25(2)10-9-23-19(26)20(7-4-8-24-20)12-16-5-3-6-17(11-16)18-13-21-15-22-14-18/h3,5-6,11,13-15,24H,4,7-10,12H2,1-2H3,(H,23,26). The van der Waals surface area contributed by atoms with E-state index in [4.69, 9.17) is 0 Å². The maximum Gasteiger partial charge on any atom is 0.240 e. The fraction of sp³-hybridized carbons (Fsp3) is 0.450. The van der Waals surface area contributed by atoms with Gasteiger partial charge in [-0.05, 0) is 51.0 Å². The van der Waals surface area contributed by atoms with Crippen molar-refractivity contribution in [2.24, 2.45) is 0 Å². The molecule has 0 spiro atoms. The molecule has 1 aromatic carbocycles. The van der Waals surface area contributed by atoms with Crippen molar-refractivity contribution in [1.29, 1.82) is 0 Å². The summed E-state index contributed by atoms with van der Waals surface area (Å²) in [6.45, 7) is 2.38. The highest BCUT2D eigenvalue weighted by Crippen LogP contribution is 2.27. The second-order valence-corrected chi connectivity index (χ2v) is 7.18. The molecule has 0 saturated carbocycles. The van der Waals surface area contributed by atoms with Gasteiger partial charge in [-0.3, -0.25) is 4.79 Å². The average molecular weight is 353 g/mol. The molecule has 1 saturated heterocycles. The van der Waals surface area contributed by atoms with Crippen molar-refractivity contribution < 1.29 is 4.79 Å². The smallest absolute Gasteiger partial charge is 0.240 e. The molecule has 1 aliphatic rings. The number of aromatic nitrogens is 2. The normalized spacial score (nSPS) is 19.7. The number of nitrogens with zero attached hydrogens (tertiary/aromatic N) is 3. The van der Waals surface area contributed by atoms with E-state index < -0.39 is 5.54 Å². The van der Waals surface area contributed by atoms with E-state index in [1.807, 2.05) is 38.6 Å². The zero-order valence-electron chi connectivity index (χ0n) is 15.5. The molecule has 2 N–H and O–H groups in total. The van der Waals surface area contributed by atoms with Gasteiger partial charge in [0.1, 0.15) is 11.9 Å². The Kier molecular flexibility index (Phi) is 5.96. The van der Waals surface area contributed by atoms with Gasteiger partial charge < -0.3 is 15.5 Å². The van der Waals surface area contributed by atoms with Gasteiger partial charge >= 0.3 is 0 Å². The molecule has 2 heterocycles. The summed E-state index contributed by atoms with van der Waals surface area (Å²) < 4.78 is 0. The quantitative estimate of drug-likeness (QED) is 0.789. The lowest BCUT2D eigenvalue weighted by Crippen LogP contribution is -2.55. The van der Waals surface area contributed by atoms with Gasteiger partial charge in [-0.15, -0.1) is 0 Å². The Hall–Kier alpha value is -2.31. The van der Waals surface area contributed by atoms with Crippen LogP contribution in [-0.4, -0.2) is 60.0 Å². The van der Waals surface area contributed by atoms with E-state index in [1.54, 1.807) is 0 Å². The molecule has 2 aromatic rings. The highest BCUT2D eigenvalue weighted by atomic mass is 16.2. The summed E-state index contributed by atoms with van der Waals surface area (Å²) in [6.07, 6.45) is 7.71. The van der Waals surface area contributed by atoms with Gasteiger partial charge in [-0.2, -0.15) is 0 Å². The van der Waals surface area contributed by atoms with Crippen molar-refractivity contribution in [2.45, 2.75) is 24.8 Å². The van der Waals surface area contributed by atoms with Crippen molar-refractivity contribution in [1.82, 2.24) is 25.5 Å². The van der Waals surface area contributed by atoms with Gasteiger partial charge in [0, 0.05) is 31.0 Å². The van der Waals surface area contributed by atoms with Crippen molar-refractivity contribution in [3.05, 3.63) is 48.5 Å². The second kappa shape index (κ2) is 8.38. The molecule has 6 heteroatoms. The average Bonchev–Trinajstić information content (AvgIpc) is 3.12. The Labute approximate surface area is 155 Å². The van der Waals surface area contributed by atoms with Crippen molar-refractivity contribution >= 4 is 5.91 Å². The van der Waals surface area contributed by atoms with Crippen LogP contribution in [-0.2, 0) is 11.2 Å². The maximum absolute atomic E-state index is 12.9. The van der Waals surface area contributed by atoms with Crippen LogP contribution in [0, 0.1) is 0 Å². The van der Waals surface area contributed by atoms with Gasteiger partial charge in [-0.1, -0.05) is 24.3 Å². The van der Waals surface area contributed by atoms with E-state index in [0.29, 0.717) is 13.0 Å². The Balaban J connectivity index is 1.75. The lowest BCUT2D eigenvalue weighted by atomic mass is 9.87. The number of carbonyl (C=O) groups excluding carboxylic acids is 1. The summed E-state index contributed by atoms with van der Waals surface area (Å²) in [4.78, 5) is 23.2. The summed E-state index contributed by atoms with van der Waals surface area (Å²) in [6, 6.07) is 8.30. The zero-order chi connectivity index (χ0) is 18.4. The third kappa shape index (κ3) is 4.45. The van der Waals surface area contributed by atoms with E-state index in [2.05, 4.69) is 37.6 Å². The summed E-state index contributed by atoms with van der Waals surface area (Å²) in [5.41, 5.74) is 2.68. The molecule has 0 bridgehead atoms. The third-order valence-corrected chi connectivity index (χ3v) is 4.85. The van der Waals surface area contributed by atoms with Crippen molar-refractivity contribution in [3.63, 3.8) is 0 Å². The van der Waals surface area contributed by atoms with E-state index in [9.17, 15) is 4.79 Å². The molecule has 1 aromatic heterocycles. The van der Waals surface area contributed by atoms with Crippen molar-refractivity contribution in [2.75, 3.05) is 33.7 Å². The molecule has 26 heavy (non-hydrogen) atoms. The molecule has 0 radical (unpaired) electrons. The lowest BCUT2D eigenvalue weighted by molar-refractivity contribution is -0.127. The molecule has 1 aliphatic heterocycles. The fourth-order valence-corrected chi connectivity index (χ4v) is 3.45. The van der Waals surface area contributed by atoms with Crippen LogP contribution < -0.4 is 10.6 Å². The second-order valence-electron chi connectivity index (χ2n) is 7.18. The van der Waals surface area contributed by atoms with Crippen LogP contribution in [0.2, 0.25) is 0 Å². The van der Waals surface area contributed by atoms with E-state index >= 15 is 0 Å². The van der Waals surface area contributed by atoms with Crippen LogP contribution in [0.1, 0.15) is 18.4 Å². The molecule has 1 atom stereocenters. The molecular weight excluding hydrogens is 326 g/mol. The molecule has 1 unspecified atom stereocenters. The first-order chi connectivity index (χ1) is 12.6. The molecular formula is C20H27N5O. The number of hydrogen-bond donors (Lipinski definition) is 2. The van der Waals surface area contributed by atoms with Crippen LogP contribution in [0.4, 0.5) is 0 Å². The number of hydrogen-bond acceptors (Lipinski definition) is 5. The number of benzene rings is 1. The van der Waals surface area contributed by atoms with Gasteiger partial charge in [0.15, 0.2) is 0 Å². The molecule has 3 rings (SSSR count). The van der Waals surface area contributed by atoms with Crippen LogP contribution in [0.3, 0.4) is 0 Å². The minimum absolute atomic E-state index is 0.102. The summed E-state index contributed by atoms with van der Waals surface area (Å²) in [7, 11) is 4.02. The minimum Gasteiger partial charge on any atom is -0.353 e. The predicted molar refractivity (Wildman–Crippen MR) is 103 cm³/mol. The SMILES string of the molecule is CN(C)CCNC(=O)C1(Cc2cccc(-c3cncnc3)c2)CCCN1. The summed E-state index contributed by atoms with van der Waals surface area (Å²) >= 11 is 0. The molecule has 0 aliphatic carbocycles. The minimum atomic E-state index is -0.516. The number of carbonyl (C=O) groups is 1. The van der Waals surface area contributed by atoms with Crippen LogP contribution in [0.5, 0.6) is 0 Å². The lowest BCUT2D eigenvalue weighted by Gasteiger charge is -2.29. The van der Waals surface area contributed by atoms with Gasteiger partial charge in [0.2, 0.25) is 5.91 Å². The third-order valence-electron chi connectivity index (χ3n) is 4.85. The first kappa shape index (κ1) is 18.5. The molecule has 1 amide bonds. The number of likely N-dealkylation sites (N-methyl/N-ethyl adjacent to an activating group) is 1. The first-order valence-electron chi connectivity index (χ1n) is 9.11. The van der Waals surface area contributed by atoms with Gasteiger partial charge in [0.05, 0.1) is 0 Å². The molecule has 1 fully saturated rings. The fourth-order valence-electron chi connectivity index (χ4n) is 3.45. The largest absolute Gasteiger partial charge is 0.353 e.